The van der Waals surface area contributed by atoms with Crippen molar-refractivity contribution >= 4 is 33.2 Å². The van der Waals surface area contributed by atoms with Gasteiger partial charge in [0.1, 0.15) is 6.07 Å². The predicted octanol–water partition coefficient (Wildman–Crippen LogP) is 3.68. The largest absolute Gasteiger partial charge is 0.281 e. The molecule has 0 aliphatic carbocycles. The van der Waals surface area contributed by atoms with Gasteiger partial charge in [-0.05, 0) is 30.3 Å². The summed E-state index contributed by atoms with van der Waals surface area (Å²) >= 11 is 9.58. The number of benzene rings is 1. The molecule has 0 fully saturated rings. The Morgan fingerprint density at radius 3 is 2.79 bits per heavy atom. The van der Waals surface area contributed by atoms with Crippen LogP contribution in [0.4, 0.5) is 0 Å². The van der Waals surface area contributed by atoms with E-state index in [4.69, 9.17) is 16.9 Å². The zero-order valence-corrected chi connectivity index (χ0v) is 11.9. The van der Waals surface area contributed by atoms with Crippen LogP contribution in [-0.4, -0.2) is 14.6 Å². The summed E-state index contributed by atoms with van der Waals surface area (Å²) < 4.78 is 2.65. The van der Waals surface area contributed by atoms with Crippen LogP contribution in [0.2, 0.25) is 5.02 Å². The standard InChI is InChI=1S/C13H6BrClN4/c14-9-2-3-10(11(15)5-9)13-18-17-12-4-1-8(6-16)7-19(12)13/h1-5,7H. The summed E-state index contributed by atoms with van der Waals surface area (Å²) in [7, 11) is 0. The summed E-state index contributed by atoms with van der Waals surface area (Å²) in [6.45, 7) is 0. The van der Waals surface area contributed by atoms with E-state index in [9.17, 15) is 0 Å². The normalized spacial score (nSPS) is 10.6. The van der Waals surface area contributed by atoms with E-state index in [0.29, 0.717) is 22.1 Å². The summed E-state index contributed by atoms with van der Waals surface area (Å²) in [6, 6.07) is 11.1. The van der Waals surface area contributed by atoms with E-state index in [1.807, 2.05) is 12.1 Å². The van der Waals surface area contributed by atoms with Gasteiger partial charge < -0.3 is 0 Å². The Kier molecular flexibility index (Phi) is 2.97. The molecule has 0 saturated heterocycles. The number of nitriles is 1. The van der Waals surface area contributed by atoms with Crippen molar-refractivity contribution in [3.63, 3.8) is 0 Å². The summed E-state index contributed by atoms with van der Waals surface area (Å²) in [6.07, 6.45) is 1.70. The van der Waals surface area contributed by atoms with Crippen molar-refractivity contribution < 1.29 is 0 Å². The van der Waals surface area contributed by atoms with Gasteiger partial charge in [-0.3, -0.25) is 4.40 Å². The average molecular weight is 334 g/mol. The van der Waals surface area contributed by atoms with Gasteiger partial charge in [0, 0.05) is 16.2 Å². The maximum Gasteiger partial charge on any atom is 0.169 e. The number of halogens is 2. The Morgan fingerprint density at radius 1 is 1.21 bits per heavy atom. The monoisotopic (exact) mass is 332 g/mol. The zero-order chi connectivity index (χ0) is 13.4. The second kappa shape index (κ2) is 4.65. The molecule has 3 rings (SSSR count). The Balaban J connectivity index is 2.28. The van der Waals surface area contributed by atoms with Gasteiger partial charge in [0.15, 0.2) is 11.5 Å². The molecule has 0 aliphatic heterocycles. The molecule has 0 saturated carbocycles. The van der Waals surface area contributed by atoms with E-state index in [2.05, 4.69) is 32.2 Å². The molecular weight excluding hydrogens is 328 g/mol. The smallest absolute Gasteiger partial charge is 0.169 e. The van der Waals surface area contributed by atoms with E-state index in [1.54, 1.807) is 28.8 Å². The number of nitrogens with zero attached hydrogens (tertiary/aromatic N) is 4. The summed E-state index contributed by atoms with van der Waals surface area (Å²) in [4.78, 5) is 0. The van der Waals surface area contributed by atoms with Crippen LogP contribution in [0.3, 0.4) is 0 Å². The number of rotatable bonds is 1. The SMILES string of the molecule is N#Cc1ccc2nnc(-c3ccc(Br)cc3Cl)n2c1. The fourth-order valence-corrected chi connectivity index (χ4v) is 2.57. The molecule has 19 heavy (non-hydrogen) atoms. The van der Waals surface area contributed by atoms with E-state index in [0.717, 1.165) is 10.0 Å². The van der Waals surface area contributed by atoms with E-state index >= 15 is 0 Å². The molecule has 92 valence electrons. The van der Waals surface area contributed by atoms with Crippen molar-refractivity contribution in [2.45, 2.75) is 0 Å². The molecule has 1 aromatic carbocycles. The highest BCUT2D eigenvalue weighted by Crippen LogP contribution is 2.29. The lowest BCUT2D eigenvalue weighted by Gasteiger charge is -2.03. The van der Waals surface area contributed by atoms with Gasteiger partial charge in [0.05, 0.1) is 10.6 Å². The van der Waals surface area contributed by atoms with Crippen molar-refractivity contribution in [2.24, 2.45) is 0 Å². The molecule has 3 aromatic rings. The fraction of sp³-hybridized carbons (Fsp3) is 0. The minimum Gasteiger partial charge on any atom is -0.281 e. The first-order valence-electron chi connectivity index (χ1n) is 5.39. The maximum absolute atomic E-state index is 8.95. The topological polar surface area (TPSA) is 54.0 Å². The lowest BCUT2D eigenvalue weighted by Crippen LogP contribution is -1.91. The highest BCUT2D eigenvalue weighted by Gasteiger charge is 2.12. The Hall–Kier alpha value is -1.90. The molecule has 0 unspecified atom stereocenters. The molecule has 0 N–H and O–H groups in total. The predicted molar refractivity (Wildman–Crippen MR) is 75.8 cm³/mol. The third-order valence-corrected chi connectivity index (χ3v) is 3.51. The first kappa shape index (κ1) is 12.2. The minimum absolute atomic E-state index is 0.543. The molecule has 0 atom stereocenters. The van der Waals surface area contributed by atoms with Crippen molar-refractivity contribution in [3.05, 3.63) is 51.6 Å². The third-order valence-electron chi connectivity index (χ3n) is 2.70. The number of hydrogen-bond acceptors (Lipinski definition) is 3. The lowest BCUT2D eigenvalue weighted by atomic mass is 10.2. The third kappa shape index (κ3) is 2.09. The van der Waals surface area contributed by atoms with Crippen LogP contribution in [0.15, 0.2) is 41.0 Å². The van der Waals surface area contributed by atoms with Gasteiger partial charge >= 0.3 is 0 Å². The summed E-state index contributed by atoms with van der Waals surface area (Å²) in [5.74, 6) is 0.615. The Labute approximate surface area is 122 Å². The zero-order valence-electron chi connectivity index (χ0n) is 9.51. The second-order valence-electron chi connectivity index (χ2n) is 3.91. The average Bonchev–Trinajstić information content (AvgIpc) is 2.81. The maximum atomic E-state index is 8.95. The Morgan fingerprint density at radius 2 is 2.05 bits per heavy atom. The molecule has 6 heteroatoms. The summed E-state index contributed by atoms with van der Waals surface area (Å²) in [5.41, 5.74) is 1.99. The number of aromatic nitrogens is 3. The van der Waals surface area contributed by atoms with E-state index in [1.165, 1.54) is 0 Å². The van der Waals surface area contributed by atoms with Crippen LogP contribution in [0.1, 0.15) is 5.56 Å². The van der Waals surface area contributed by atoms with E-state index < -0.39 is 0 Å². The second-order valence-corrected chi connectivity index (χ2v) is 5.23. The molecule has 0 bridgehead atoms. The number of fused-ring (bicyclic) bond motifs is 1. The number of hydrogen-bond donors (Lipinski definition) is 0. The number of pyridine rings is 1. The molecule has 0 amide bonds. The van der Waals surface area contributed by atoms with Gasteiger partial charge in [-0.15, -0.1) is 10.2 Å². The van der Waals surface area contributed by atoms with Gasteiger partial charge in [0.25, 0.3) is 0 Å². The van der Waals surface area contributed by atoms with Crippen LogP contribution in [0.25, 0.3) is 17.0 Å². The van der Waals surface area contributed by atoms with Crippen molar-refractivity contribution in [3.8, 4) is 17.5 Å². The van der Waals surface area contributed by atoms with Crippen molar-refractivity contribution in [1.29, 1.82) is 5.26 Å². The van der Waals surface area contributed by atoms with E-state index in [-0.39, 0.29) is 0 Å². The highest BCUT2D eigenvalue weighted by molar-refractivity contribution is 9.10. The molecule has 2 heterocycles. The quantitative estimate of drug-likeness (QED) is 0.682. The molecule has 0 spiro atoms. The van der Waals surface area contributed by atoms with Crippen molar-refractivity contribution in [1.82, 2.24) is 14.6 Å². The molecule has 4 nitrogen and oxygen atoms in total. The highest BCUT2D eigenvalue weighted by atomic mass is 79.9. The fourth-order valence-electron chi connectivity index (χ4n) is 1.81. The van der Waals surface area contributed by atoms with Crippen LogP contribution < -0.4 is 0 Å². The first-order valence-corrected chi connectivity index (χ1v) is 6.56. The molecule has 0 radical (unpaired) electrons. The molecule has 0 aliphatic rings. The molecule has 2 aromatic heterocycles. The van der Waals surface area contributed by atoms with Crippen molar-refractivity contribution in [2.75, 3.05) is 0 Å². The summed E-state index contributed by atoms with van der Waals surface area (Å²) in [5, 5.41) is 17.7. The van der Waals surface area contributed by atoms with Gasteiger partial charge in [0.2, 0.25) is 0 Å². The minimum atomic E-state index is 0.543. The molecular formula is C13H6BrClN4. The van der Waals surface area contributed by atoms with Crippen LogP contribution >= 0.6 is 27.5 Å². The van der Waals surface area contributed by atoms with Gasteiger partial charge in [-0.1, -0.05) is 27.5 Å². The Bertz CT molecular complexity index is 819. The lowest BCUT2D eigenvalue weighted by molar-refractivity contribution is 1.11. The van der Waals surface area contributed by atoms with Crippen LogP contribution in [-0.2, 0) is 0 Å². The van der Waals surface area contributed by atoms with Gasteiger partial charge in [-0.25, -0.2) is 0 Å². The van der Waals surface area contributed by atoms with Gasteiger partial charge in [-0.2, -0.15) is 5.26 Å². The van der Waals surface area contributed by atoms with Crippen LogP contribution in [0.5, 0.6) is 0 Å². The van der Waals surface area contributed by atoms with Crippen LogP contribution in [0, 0.1) is 11.3 Å². The first-order chi connectivity index (χ1) is 9.19.